The summed E-state index contributed by atoms with van der Waals surface area (Å²) in [6.45, 7) is 3.46. The van der Waals surface area contributed by atoms with Crippen LogP contribution in [0.4, 0.5) is 0 Å². The van der Waals surface area contributed by atoms with Crippen molar-refractivity contribution < 1.29 is 14.6 Å². The highest BCUT2D eigenvalue weighted by Crippen LogP contribution is 2.26. The Kier molecular flexibility index (Phi) is 7.77. The highest BCUT2D eigenvalue weighted by atomic mass is 16.5. The number of aliphatic hydroxyl groups is 1. The van der Waals surface area contributed by atoms with Gasteiger partial charge in [-0.15, -0.1) is 0 Å². The number of nitrogens with one attached hydrogen (secondary N) is 1. The maximum Gasteiger partial charge on any atom is 0.0771 e. The van der Waals surface area contributed by atoms with Crippen molar-refractivity contribution in [1.29, 1.82) is 0 Å². The Morgan fingerprint density at radius 3 is 2.41 bits per heavy atom. The molecule has 0 amide bonds. The standard InChI is InChI=1S/C13H27NO3/c1-16-10-11-17-9-8-14-12-13(15)6-4-2-3-5-7-13/h14-15H,2-12H2,1H3. The van der Waals surface area contributed by atoms with E-state index in [4.69, 9.17) is 9.47 Å². The first kappa shape index (κ1) is 14.9. The smallest absolute Gasteiger partial charge is 0.0771 e. The summed E-state index contributed by atoms with van der Waals surface area (Å²) < 4.78 is 10.2. The monoisotopic (exact) mass is 245 g/mol. The summed E-state index contributed by atoms with van der Waals surface area (Å²) in [5, 5.41) is 13.7. The molecule has 0 spiro atoms. The number of rotatable bonds is 8. The molecule has 0 bridgehead atoms. The first-order valence-corrected chi connectivity index (χ1v) is 6.77. The van der Waals surface area contributed by atoms with Gasteiger partial charge in [0, 0.05) is 20.2 Å². The second-order valence-corrected chi connectivity index (χ2v) is 4.92. The lowest BCUT2D eigenvalue weighted by Crippen LogP contribution is -2.41. The van der Waals surface area contributed by atoms with E-state index in [2.05, 4.69) is 5.32 Å². The predicted molar refractivity (Wildman–Crippen MR) is 68.2 cm³/mol. The second kappa shape index (κ2) is 8.86. The Morgan fingerprint density at radius 2 is 1.76 bits per heavy atom. The van der Waals surface area contributed by atoms with Gasteiger partial charge < -0.3 is 19.9 Å². The van der Waals surface area contributed by atoms with Gasteiger partial charge >= 0.3 is 0 Å². The van der Waals surface area contributed by atoms with E-state index in [-0.39, 0.29) is 0 Å². The maximum absolute atomic E-state index is 10.4. The maximum atomic E-state index is 10.4. The van der Waals surface area contributed by atoms with Crippen molar-refractivity contribution >= 4 is 0 Å². The zero-order chi connectivity index (χ0) is 12.4. The van der Waals surface area contributed by atoms with Crippen LogP contribution in [0.5, 0.6) is 0 Å². The van der Waals surface area contributed by atoms with Crippen molar-refractivity contribution in [3.05, 3.63) is 0 Å². The Bertz CT molecular complexity index is 180. The Labute approximate surface area is 105 Å². The zero-order valence-electron chi connectivity index (χ0n) is 11.0. The average molecular weight is 245 g/mol. The lowest BCUT2D eigenvalue weighted by Gasteiger charge is -2.26. The van der Waals surface area contributed by atoms with Gasteiger partial charge in [-0.1, -0.05) is 25.7 Å². The van der Waals surface area contributed by atoms with Gasteiger partial charge in [0.05, 0.1) is 25.4 Å². The molecule has 1 fully saturated rings. The van der Waals surface area contributed by atoms with E-state index >= 15 is 0 Å². The van der Waals surface area contributed by atoms with Gasteiger partial charge in [0.2, 0.25) is 0 Å². The SMILES string of the molecule is COCCOCCNCC1(O)CCCCCC1. The van der Waals surface area contributed by atoms with Crippen LogP contribution in [0.3, 0.4) is 0 Å². The van der Waals surface area contributed by atoms with E-state index < -0.39 is 5.60 Å². The van der Waals surface area contributed by atoms with Gasteiger partial charge in [-0.2, -0.15) is 0 Å². The summed E-state index contributed by atoms with van der Waals surface area (Å²) in [6.07, 6.45) is 6.71. The lowest BCUT2D eigenvalue weighted by molar-refractivity contribution is 0.0217. The average Bonchev–Trinajstić information content (AvgIpc) is 2.53. The molecular weight excluding hydrogens is 218 g/mol. The van der Waals surface area contributed by atoms with Gasteiger partial charge in [0.1, 0.15) is 0 Å². The third kappa shape index (κ3) is 6.99. The molecule has 0 radical (unpaired) electrons. The van der Waals surface area contributed by atoms with Crippen molar-refractivity contribution in [3.63, 3.8) is 0 Å². The minimum absolute atomic E-state index is 0.483. The molecule has 0 saturated heterocycles. The molecular formula is C13H27NO3. The van der Waals surface area contributed by atoms with E-state index in [0.717, 1.165) is 32.2 Å². The molecule has 0 heterocycles. The Balaban J connectivity index is 2.00. The summed E-state index contributed by atoms with van der Waals surface area (Å²) in [5.74, 6) is 0. The van der Waals surface area contributed by atoms with Crippen LogP contribution in [-0.4, -0.2) is 50.7 Å². The molecule has 1 saturated carbocycles. The molecule has 0 aliphatic heterocycles. The molecule has 1 aliphatic rings. The van der Waals surface area contributed by atoms with E-state index in [9.17, 15) is 5.11 Å². The highest BCUT2D eigenvalue weighted by Gasteiger charge is 2.26. The van der Waals surface area contributed by atoms with Gasteiger partial charge in [-0.05, 0) is 12.8 Å². The zero-order valence-corrected chi connectivity index (χ0v) is 11.0. The van der Waals surface area contributed by atoms with Crippen LogP contribution in [0.25, 0.3) is 0 Å². The van der Waals surface area contributed by atoms with E-state index in [1.165, 1.54) is 12.8 Å². The molecule has 0 aromatic rings. The molecule has 1 aliphatic carbocycles. The normalized spacial score (nSPS) is 20.1. The van der Waals surface area contributed by atoms with Crippen LogP contribution >= 0.6 is 0 Å². The minimum Gasteiger partial charge on any atom is -0.389 e. The first-order chi connectivity index (χ1) is 8.27. The molecule has 102 valence electrons. The Hall–Kier alpha value is -0.160. The minimum atomic E-state index is -0.483. The van der Waals surface area contributed by atoms with E-state index in [0.29, 0.717) is 26.4 Å². The van der Waals surface area contributed by atoms with E-state index in [1.807, 2.05) is 0 Å². The third-order valence-electron chi connectivity index (χ3n) is 3.34. The molecule has 4 heteroatoms. The van der Waals surface area contributed by atoms with Crippen LogP contribution in [-0.2, 0) is 9.47 Å². The molecule has 0 aromatic carbocycles. The molecule has 1 rings (SSSR count). The van der Waals surface area contributed by atoms with Crippen LogP contribution in [0.2, 0.25) is 0 Å². The molecule has 17 heavy (non-hydrogen) atoms. The predicted octanol–water partition coefficient (Wildman–Crippen LogP) is 1.32. The van der Waals surface area contributed by atoms with Gasteiger partial charge in [0.15, 0.2) is 0 Å². The third-order valence-corrected chi connectivity index (χ3v) is 3.34. The summed E-state index contributed by atoms with van der Waals surface area (Å²) in [4.78, 5) is 0. The fourth-order valence-electron chi connectivity index (χ4n) is 2.27. The van der Waals surface area contributed by atoms with Crippen molar-refractivity contribution in [2.75, 3.05) is 40.0 Å². The van der Waals surface area contributed by atoms with Crippen molar-refractivity contribution in [3.8, 4) is 0 Å². The van der Waals surface area contributed by atoms with Crippen molar-refractivity contribution in [1.82, 2.24) is 5.32 Å². The second-order valence-electron chi connectivity index (χ2n) is 4.92. The van der Waals surface area contributed by atoms with Gasteiger partial charge in [0.25, 0.3) is 0 Å². The number of hydrogen-bond acceptors (Lipinski definition) is 4. The van der Waals surface area contributed by atoms with Gasteiger partial charge in [-0.3, -0.25) is 0 Å². The Morgan fingerprint density at radius 1 is 1.06 bits per heavy atom. The molecule has 0 atom stereocenters. The molecule has 4 nitrogen and oxygen atoms in total. The highest BCUT2D eigenvalue weighted by molar-refractivity contribution is 4.82. The molecule has 0 aromatic heterocycles. The molecule has 0 unspecified atom stereocenters. The summed E-state index contributed by atoms with van der Waals surface area (Å²) >= 11 is 0. The fourth-order valence-corrected chi connectivity index (χ4v) is 2.27. The van der Waals surface area contributed by atoms with Crippen LogP contribution < -0.4 is 5.32 Å². The summed E-state index contributed by atoms with van der Waals surface area (Å²) in [7, 11) is 1.67. The number of ether oxygens (including phenoxy) is 2. The van der Waals surface area contributed by atoms with Crippen molar-refractivity contribution in [2.24, 2.45) is 0 Å². The van der Waals surface area contributed by atoms with Crippen LogP contribution in [0, 0.1) is 0 Å². The summed E-state index contributed by atoms with van der Waals surface area (Å²) in [6, 6.07) is 0. The number of methoxy groups -OCH3 is 1. The topological polar surface area (TPSA) is 50.7 Å². The quantitative estimate of drug-likeness (QED) is 0.500. The van der Waals surface area contributed by atoms with Crippen LogP contribution in [0.1, 0.15) is 38.5 Å². The lowest BCUT2D eigenvalue weighted by atomic mass is 9.94. The van der Waals surface area contributed by atoms with Crippen LogP contribution in [0.15, 0.2) is 0 Å². The summed E-state index contributed by atoms with van der Waals surface area (Å²) in [5.41, 5.74) is -0.483. The molecule has 2 N–H and O–H groups in total. The fraction of sp³-hybridized carbons (Fsp3) is 1.00. The van der Waals surface area contributed by atoms with Crippen molar-refractivity contribution in [2.45, 2.75) is 44.1 Å². The largest absolute Gasteiger partial charge is 0.389 e. The first-order valence-electron chi connectivity index (χ1n) is 6.77. The number of hydrogen-bond donors (Lipinski definition) is 2. The van der Waals surface area contributed by atoms with Gasteiger partial charge in [-0.25, -0.2) is 0 Å². The van der Waals surface area contributed by atoms with E-state index in [1.54, 1.807) is 7.11 Å².